The fourth-order valence-corrected chi connectivity index (χ4v) is 3.66. The number of benzene rings is 3. The number of furan rings is 1. The van der Waals surface area contributed by atoms with Crippen molar-refractivity contribution in [2.75, 3.05) is 0 Å². The third-order valence-electron chi connectivity index (χ3n) is 4.68. The molecule has 0 saturated heterocycles. The third-order valence-corrected chi connectivity index (χ3v) is 5.37. The first-order valence-corrected chi connectivity index (χ1v) is 10.1. The Labute approximate surface area is 185 Å². The minimum Gasteiger partial charge on any atom is -0.455 e. The molecule has 3 aromatic carbocycles. The molecule has 0 unspecified atom stereocenters. The standard InChI is InChI=1S/C23H16BrN3O4/c24-21-11-7-16(19-3-1-2-4-20(19)21)13-23(28)26-25-14-18-10-12-22(31-18)15-5-8-17(9-6-15)27(29)30/h1-12,14H,13H2,(H,26,28)/b25-14-. The number of nitro benzene ring substituents is 1. The van der Waals surface area contributed by atoms with Gasteiger partial charge in [0.2, 0.25) is 5.91 Å². The maximum atomic E-state index is 12.3. The second-order valence-electron chi connectivity index (χ2n) is 6.73. The lowest BCUT2D eigenvalue weighted by molar-refractivity contribution is -0.384. The number of fused-ring (bicyclic) bond motifs is 1. The monoisotopic (exact) mass is 477 g/mol. The summed E-state index contributed by atoms with van der Waals surface area (Å²) in [5, 5.41) is 16.8. The molecule has 0 bridgehead atoms. The summed E-state index contributed by atoms with van der Waals surface area (Å²) in [6, 6.07) is 21.2. The van der Waals surface area contributed by atoms with E-state index in [4.69, 9.17) is 4.42 Å². The molecule has 31 heavy (non-hydrogen) atoms. The van der Waals surface area contributed by atoms with E-state index in [1.807, 2.05) is 36.4 Å². The molecule has 0 fully saturated rings. The van der Waals surface area contributed by atoms with Gasteiger partial charge in [-0.3, -0.25) is 14.9 Å². The second-order valence-corrected chi connectivity index (χ2v) is 7.58. The average Bonchev–Trinajstić information content (AvgIpc) is 3.25. The molecule has 7 nitrogen and oxygen atoms in total. The summed E-state index contributed by atoms with van der Waals surface area (Å²) in [5.74, 6) is 0.748. The van der Waals surface area contributed by atoms with Crippen LogP contribution >= 0.6 is 15.9 Å². The molecule has 0 spiro atoms. The van der Waals surface area contributed by atoms with Crippen molar-refractivity contribution in [1.82, 2.24) is 5.43 Å². The number of nitrogens with zero attached hydrogens (tertiary/aromatic N) is 2. The van der Waals surface area contributed by atoms with Crippen LogP contribution in [-0.2, 0) is 11.2 Å². The third kappa shape index (κ3) is 4.70. The SMILES string of the molecule is O=C(Cc1ccc(Br)c2ccccc12)N/N=C\c1ccc(-c2ccc([N+](=O)[O-])cc2)o1. The topological polar surface area (TPSA) is 97.7 Å². The first-order chi connectivity index (χ1) is 15.0. The van der Waals surface area contributed by atoms with Crippen molar-refractivity contribution in [2.24, 2.45) is 5.10 Å². The average molecular weight is 478 g/mol. The van der Waals surface area contributed by atoms with E-state index in [1.165, 1.54) is 18.3 Å². The zero-order chi connectivity index (χ0) is 21.8. The first-order valence-electron chi connectivity index (χ1n) is 9.34. The highest BCUT2D eigenvalue weighted by Crippen LogP contribution is 2.27. The maximum absolute atomic E-state index is 12.3. The Hall–Kier alpha value is -3.78. The predicted molar refractivity (Wildman–Crippen MR) is 122 cm³/mol. The highest BCUT2D eigenvalue weighted by molar-refractivity contribution is 9.10. The van der Waals surface area contributed by atoms with E-state index in [-0.39, 0.29) is 18.0 Å². The van der Waals surface area contributed by atoms with Gasteiger partial charge in [-0.05, 0) is 46.7 Å². The summed E-state index contributed by atoms with van der Waals surface area (Å²) in [6.45, 7) is 0. The fourth-order valence-electron chi connectivity index (χ4n) is 3.18. The number of rotatable bonds is 6. The van der Waals surface area contributed by atoms with E-state index in [0.717, 1.165) is 20.8 Å². The highest BCUT2D eigenvalue weighted by Gasteiger charge is 2.09. The number of carbonyl (C=O) groups excluding carboxylic acids is 1. The van der Waals surface area contributed by atoms with Gasteiger partial charge in [-0.2, -0.15) is 5.10 Å². The summed E-state index contributed by atoms with van der Waals surface area (Å²) < 4.78 is 6.64. The molecule has 0 radical (unpaired) electrons. The van der Waals surface area contributed by atoms with Gasteiger partial charge in [0.25, 0.3) is 5.69 Å². The fraction of sp³-hybridized carbons (Fsp3) is 0.0435. The van der Waals surface area contributed by atoms with Gasteiger partial charge in [0.1, 0.15) is 11.5 Å². The van der Waals surface area contributed by atoms with Crippen LogP contribution in [0.15, 0.2) is 86.8 Å². The molecular weight excluding hydrogens is 462 g/mol. The van der Waals surface area contributed by atoms with Crippen molar-refractivity contribution in [1.29, 1.82) is 0 Å². The Morgan fingerprint density at radius 1 is 1.03 bits per heavy atom. The van der Waals surface area contributed by atoms with Crippen molar-refractivity contribution in [3.05, 3.63) is 98.7 Å². The Kier molecular flexibility index (Phi) is 5.90. The van der Waals surface area contributed by atoms with Crippen molar-refractivity contribution in [3.8, 4) is 11.3 Å². The van der Waals surface area contributed by atoms with Crippen molar-refractivity contribution in [2.45, 2.75) is 6.42 Å². The minimum atomic E-state index is -0.455. The molecule has 0 atom stereocenters. The number of amides is 1. The quantitative estimate of drug-likeness (QED) is 0.226. The second kappa shape index (κ2) is 8.93. The number of hydrazone groups is 1. The molecule has 0 aliphatic carbocycles. The van der Waals surface area contributed by atoms with Crippen LogP contribution in [-0.4, -0.2) is 17.0 Å². The van der Waals surface area contributed by atoms with Gasteiger partial charge in [0, 0.05) is 22.2 Å². The van der Waals surface area contributed by atoms with E-state index in [1.54, 1.807) is 24.3 Å². The zero-order valence-corrected chi connectivity index (χ0v) is 17.7. The van der Waals surface area contributed by atoms with Gasteiger partial charge in [-0.1, -0.05) is 46.3 Å². The molecule has 0 aliphatic rings. The van der Waals surface area contributed by atoms with Gasteiger partial charge in [-0.15, -0.1) is 0 Å². The predicted octanol–water partition coefficient (Wildman–Crippen LogP) is 5.46. The largest absolute Gasteiger partial charge is 0.455 e. The lowest BCUT2D eigenvalue weighted by atomic mass is 10.0. The van der Waals surface area contributed by atoms with Crippen LogP contribution in [0, 0.1) is 10.1 Å². The zero-order valence-electron chi connectivity index (χ0n) is 16.1. The summed E-state index contributed by atoms with van der Waals surface area (Å²) in [4.78, 5) is 22.6. The number of nitrogens with one attached hydrogen (secondary N) is 1. The number of nitro groups is 1. The lowest BCUT2D eigenvalue weighted by Gasteiger charge is -2.07. The van der Waals surface area contributed by atoms with Gasteiger partial charge >= 0.3 is 0 Å². The van der Waals surface area contributed by atoms with E-state index < -0.39 is 4.92 Å². The molecule has 4 aromatic rings. The Morgan fingerprint density at radius 2 is 1.77 bits per heavy atom. The summed E-state index contributed by atoms with van der Waals surface area (Å²) in [7, 11) is 0. The molecule has 154 valence electrons. The van der Waals surface area contributed by atoms with Crippen LogP contribution in [0.3, 0.4) is 0 Å². The Balaban J connectivity index is 1.40. The minimum absolute atomic E-state index is 0.0124. The molecular formula is C23H16BrN3O4. The highest BCUT2D eigenvalue weighted by atomic mass is 79.9. The summed E-state index contributed by atoms with van der Waals surface area (Å²) in [6.07, 6.45) is 1.60. The van der Waals surface area contributed by atoms with Crippen LogP contribution in [0.5, 0.6) is 0 Å². The number of non-ortho nitro benzene ring substituents is 1. The van der Waals surface area contributed by atoms with Crippen molar-refractivity contribution in [3.63, 3.8) is 0 Å². The van der Waals surface area contributed by atoms with Gasteiger partial charge < -0.3 is 4.42 Å². The molecule has 8 heteroatoms. The van der Waals surface area contributed by atoms with E-state index >= 15 is 0 Å². The molecule has 1 aromatic heterocycles. The molecule has 4 rings (SSSR count). The Bertz CT molecular complexity index is 1300. The maximum Gasteiger partial charge on any atom is 0.269 e. The molecule has 1 heterocycles. The van der Waals surface area contributed by atoms with Gasteiger partial charge in [0.05, 0.1) is 17.6 Å². The lowest BCUT2D eigenvalue weighted by Crippen LogP contribution is -2.19. The van der Waals surface area contributed by atoms with Crippen molar-refractivity contribution < 1.29 is 14.1 Å². The van der Waals surface area contributed by atoms with Crippen LogP contribution < -0.4 is 5.43 Å². The van der Waals surface area contributed by atoms with E-state index in [9.17, 15) is 14.9 Å². The van der Waals surface area contributed by atoms with Crippen LogP contribution in [0.25, 0.3) is 22.1 Å². The number of carbonyl (C=O) groups is 1. The van der Waals surface area contributed by atoms with Crippen molar-refractivity contribution >= 4 is 44.5 Å². The number of halogens is 1. The van der Waals surface area contributed by atoms with E-state index in [2.05, 4.69) is 26.5 Å². The molecule has 0 aliphatic heterocycles. The van der Waals surface area contributed by atoms with Crippen LogP contribution in [0.1, 0.15) is 11.3 Å². The summed E-state index contributed by atoms with van der Waals surface area (Å²) >= 11 is 3.53. The Morgan fingerprint density at radius 3 is 2.52 bits per heavy atom. The molecule has 0 saturated carbocycles. The smallest absolute Gasteiger partial charge is 0.269 e. The van der Waals surface area contributed by atoms with Crippen LogP contribution in [0.2, 0.25) is 0 Å². The molecule has 1 N–H and O–H groups in total. The number of hydrogen-bond acceptors (Lipinski definition) is 5. The van der Waals surface area contributed by atoms with E-state index in [0.29, 0.717) is 17.1 Å². The number of hydrogen-bond donors (Lipinski definition) is 1. The van der Waals surface area contributed by atoms with Gasteiger partial charge in [-0.25, -0.2) is 5.43 Å². The summed E-state index contributed by atoms with van der Waals surface area (Å²) in [5.41, 5.74) is 4.14. The normalized spacial score (nSPS) is 11.1. The first kappa shape index (κ1) is 20.5. The van der Waals surface area contributed by atoms with Gasteiger partial charge in [0.15, 0.2) is 0 Å². The van der Waals surface area contributed by atoms with Crippen LogP contribution in [0.4, 0.5) is 5.69 Å². The molecule has 1 amide bonds.